The van der Waals surface area contributed by atoms with E-state index in [4.69, 9.17) is 9.47 Å². The fourth-order valence-corrected chi connectivity index (χ4v) is 4.88. The molecular weight excluding hydrogens is 436 g/mol. The third-order valence-electron chi connectivity index (χ3n) is 7.23. The maximum Gasteiger partial charge on any atom is 0.346 e. The van der Waals surface area contributed by atoms with Gasteiger partial charge in [0.2, 0.25) is 0 Å². The van der Waals surface area contributed by atoms with Crippen LogP contribution in [0.3, 0.4) is 0 Å². The van der Waals surface area contributed by atoms with E-state index in [9.17, 15) is 9.59 Å². The highest BCUT2D eigenvalue weighted by Gasteiger charge is 2.38. The number of hydrogen-bond acceptors (Lipinski definition) is 4. The summed E-state index contributed by atoms with van der Waals surface area (Å²) in [4.78, 5) is 25.1. The highest BCUT2D eigenvalue weighted by Crippen LogP contribution is 2.49. The number of benzene rings is 3. The third kappa shape index (κ3) is 4.88. The quantitative estimate of drug-likeness (QED) is 0.288. The molecule has 3 aromatic carbocycles. The van der Waals surface area contributed by atoms with Crippen molar-refractivity contribution in [3.8, 4) is 16.9 Å². The van der Waals surface area contributed by atoms with Crippen LogP contribution in [-0.4, -0.2) is 18.5 Å². The maximum absolute atomic E-state index is 12.6. The van der Waals surface area contributed by atoms with Gasteiger partial charge in [-0.2, -0.15) is 0 Å². The molecule has 0 radical (unpaired) electrons. The third-order valence-corrected chi connectivity index (χ3v) is 7.23. The van der Waals surface area contributed by atoms with Gasteiger partial charge in [-0.1, -0.05) is 58.0 Å². The van der Waals surface area contributed by atoms with Gasteiger partial charge in [-0.05, 0) is 90.1 Å². The van der Waals surface area contributed by atoms with Gasteiger partial charge in [0.05, 0.1) is 17.7 Å². The fourth-order valence-electron chi connectivity index (χ4n) is 4.88. The molecule has 0 saturated carbocycles. The molecule has 4 heteroatoms. The van der Waals surface area contributed by atoms with E-state index in [-0.39, 0.29) is 10.8 Å². The Balaban J connectivity index is 1.65. The molecule has 0 heterocycles. The molecule has 0 N–H and O–H groups in total. The Morgan fingerprint density at radius 2 is 1.43 bits per heavy atom. The standard InChI is InChI=1S/C31H34O4/c1-7-34-27-19-26-25(30(3,4)16-17-31(26,5)6)18-24(27)21-12-14-22(15-13-21)28(32)35-29(33)23-11-9-8-10-20(23)2/h8-15,18-19H,7,16-17H2,1-6H3. The van der Waals surface area contributed by atoms with Gasteiger partial charge in [0.25, 0.3) is 0 Å². The van der Waals surface area contributed by atoms with Gasteiger partial charge >= 0.3 is 11.9 Å². The van der Waals surface area contributed by atoms with E-state index in [1.165, 1.54) is 11.1 Å². The second-order valence-corrected chi connectivity index (χ2v) is 10.7. The first-order chi connectivity index (χ1) is 16.5. The average molecular weight is 471 g/mol. The van der Waals surface area contributed by atoms with Crippen LogP contribution in [0.25, 0.3) is 11.1 Å². The lowest BCUT2D eigenvalue weighted by Gasteiger charge is -2.42. The first-order valence-electron chi connectivity index (χ1n) is 12.3. The number of carbonyl (C=O) groups excluding carboxylic acids is 2. The number of fused-ring (bicyclic) bond motifs is 1. The summed E-state index contributed by atoms with van der Waals surface area (Å²) < 4.78 is 11.2. The van der Waals surface area contributed by atoms with E-state index in [1.807, 2.05) is 38.1 Å². The lowest BCUT2D eigenvalue weighted by molar-refractivity contribution is 0.0397. The molecule has 3 aromatic rings. The Morgan fingerprint density at radius 1 is 0.829 bits per heavy atom. The van der Waals surface area contributed by atoms with Gasteiger partial charge in [-0.15, -0.1) is 0 Å². The molecule has 4 nitrogen and oxygen atoms in total. The van der Waals surface area contributed by atoms with Crippen LogP contribution >= 0.6 is 0 Å². The Hall–Kier alpha value is -3.40. The number of ether oxygens (including phenoxy) is 2. The van der Waals surface area contributed by atoms with Crippen molar-refractivity contribution in [1.29, 1.82) is 0 Å². The van der Waals surface area contributed by atoms with Crippen molar-refractivity contribution in [2.75, 3.05) is 6.61 Å². The zero-order valence-electron chi connectivity index (χ0n) is 21.5. The summed E-state index contributed by atoms with van der Waals surface area (Å²) >= 11 is 0. The van der Waals surface area contributed by atoms with Crippen molar-refractivity contribution in [2.24, 2.45) is 0 Å². The average Bonchev–Trinajstić information content (AvgIpc) is 2.82. The van der Waals surface area contributed by atoms with Crippen LogP contribution in [0.1, 0.15) is 84.9 Å². The molecule has 0 fully saturated rings. The van der Waals surface area contributed by atoms with E-state index in [2.05, 4.69) is 39.8 Å². The molecule has 0 aliphatic heterocycles. The van der Waals surface area contributed by atoms with Crippen LogP contribution in [0.15, 0.2) is 60.7 Å². The summed E-state index contributed by atoms with van der Waals surface area (Å²) in [5.74, 6) is -0.458. The monoisotopic (exact) mass is 470 g/mol. The molecule has 0 amide bonds. The van der Waals surface area contributed by atoms with Crippen LogP contribution in [-0.2, 0) is 15.6 Å². The number of hydrogen-bond donors (Lipinski definition) is 0. The fraction of sp³-hybridized carbons (Fsp3) is 0.355. The van der Waals surface area contributed by atoms with Crippen molar-refractivity contribution >= 4 is 11.9 Å². The number of aryl methyl sites for hydroxylation is 1. The summed E-state index contributed by atoms with van der Waals surface area (Å²) in [6, 6.07) is 18.7. The van der Waals surface area contributed by atoms with E-state index < -0.39 is 11.9 Å². The van der Waals surface area contributed by atoms with Crippen molar-refractivity contribution < 1.29 is 19.1 Å². The van der Waals surface area contributed by atoms with E-state index in [0.717, 1.165) is 35.3 Å². The minimum atomic E-state index is -0.664. The Labute approximate surface area is 208 Å². The second kappa shape index (κ2) is 9.33. The summed E-state index contributed by atoms with van der Waals surface area (Å²) in [7, 11) is 0. The Bertz CT molecular complexity index is 1270. The van der Waals surface area contributed by atoms with E-state index >= 15 is 0 Å². The molecule has 182 valence electrons. The predicted octanol–water partition coefficient (Wildman–Crippen LogP) is 7.41. The molecule has 0 spiro atoms. The molecule has 0 aromatic heterocycles. The van der Waals surface area contributed by atoms with Crippen molar-refractivity contribution in [2.45, 2.75) is 65.2 Å². The number of esters is 2. The van der Waals surface area contributed by atoms with Crippen LogP contribution in [0.5, 0.6) is 5.75 Å². The minimum absolute atomic E-state index is 0.0734. The van der Waals surface area contributed by atoms with Crippen LogP contribution in [0.4, 0.5) is 0 Å². The normalized spacial score (nSPS) is 15.7. The van der Waals surface area contributed by atoms with Gasteiger partial charge in [0.1, 0.15) is 5.75 Å². The smallest absolute Gasteiger partial charge is 0.346 e. The SMILES string of the molecule is CCOc1cc2c(cc1-c1ccc(C(=O)OC(=O)c3ccccc3C)cc1)C(C)(C)CCC2(C)C. The molecular formula is C31H34O4. The molecule has 0 unspecified atom stereocenters. The van der Waals surface area contributed by atoms with Gasteiger partial charge < -0.3 is 9.47 Å². The van der Waals surface area contributed by atoms with Gasteiger partial charge in [-0.3, -0.25) is 0 Å². The van der Waals surface area contributed by atoms with Crippen molar-refractivity contribution in [3.05, 3.63) is 88.5 Å². The summed E-state index contributed by atoms with van der Waals surface area (Å²) in [6.45, 7) is 13.6. The van der Waals surface area contributed by atoms with Gasteiger partial charge in [0, 0.05) is 5.56 Å². The van der Waals surface area contributed by atoms with Gasteiger partial charge in [-0.25, -0.2) is 9.59 Å². The molecule has 35 heavy (non-hydrogen) atoms. The highest BCUT2D eigenvalue weighted by molar-refractivity contribution is 6.03. The van der Waals surface area contributed by atoms with Crippen LogP contribution in [0.2, 0.25) is 0 Å². The molecule has 1 aliphatic carbocycles. The van der Waals surface area contributed by atoms with Gasteiger partial charge in [0.15, 0.2) is 0 Å². The first kappa shape index (κ1) is 24.7. The number of carbonyl (C=O) groups is 2. The largest absolute Gasteiger partial charge is 0.493 e. The summed E-state index contributed by atoms with van der Waals surface area (Å²) in [6.07, 6.45) is 2.26. The zero-order valence-corrected chi connectivity index (χ0v) is 21.5. The van der Waals surface area contributed by atoms with Crippen molar-refractivity contribution in [3.63, 3.8) is 0 Å². The van der Waals surface area contributed by atoms with E-state index in [0.29, 0.717) is 17.7 Å². The minimum Gasteiger partial charge on any atom is -0.493 e. The first-order valence-corrected chi connectivity index (χ1v) is 12.3. The lowest BCUT2D eigenvalue weighted by Crippen LogP contribution is -2.33. The highest BCUT2D eigenvalue weighted by atomic mass is 16.6. The topological polar surface area (TPSA) is 52.6 Å². The second-order valence-electron chi connectivity index (χ2n) is 10.7. The maximum atomic E-state index is 12.6. The Kier molecular flexibility index (Phi) is 6.59. The van der Waals surface area contributed by atoms with E-state index in [1.54, 1.807) is 24.3 Å². The summed E-state index contributed by atoms with van der Waals surface area (Å²) in [5, 5.41) is 0. The van der Waals surface area contributed by atoms with Crippen molar-refractivity contribution in [1.82, 2.24) is 0 Å². The molecule has 0 atom stereocenters. The molecule has 0 saturated heterocycles. The zero-order chi connectivity index (χ0) is 25.4. The molecule has 4 rings (SSSR count). The summed E-state index contributed by atoms with van der Waals surface area (Å²) in [5.41, 5.74) is 6.30. The van der Waals surface area contributed by atoms with Crippen LogP contribution < -0.4 is 4.74 Å². The van der Waals surface area contributed by atoms with Crippen LogP contribution in [0, 0.1) is 6.92 Å². The predicted molar refractivity (Wildman–Crippen MR) is 139 cm³/mol. The molecule has 0 bridgehead atoms. The molecule has 1 aliphatic rings. The lowest BCUT2D eigenvalue weighted by atomic mass is 9.62. The Morgan fingerprint density at radius 3 is 2.03 bits per heavy atom. The number of rotatable bonds is 5.